The van der Waals surface area contributed by atoms with Gasteiger partial charge in [-0.1, -0.05) is 27.5 Å². The van der Waals surface area contributed by atoms with Crippen LogP contribution in [-0.4, -0.2) is 16.9 Å². The Labute approximate surface area is 139 Å². The third-order valence-corrected chi connectivity index (χ3v) is 5.22. The summed E-state index contributed by atoms with van der Waals surface area (Å²) >= 11 is 10.9. The summed E-state index contributed by atoms with van der Waals surface area (Å²) in [6.45, 7) is 0. The van der Waals surface area contributed by atoms with Gasteiger partial charge in [-0.15, -0.1) is 11.3 Å². The molecule has 0 spiro atoms. The molecule has 21 heavy (non-hydrogen) atoms. The van der Waals surface area contributed by atoms with Gasteiger partial charge in [0, 0.05) is 15.4 Å². The molecule has 1 heterocycles. The Morgan fingerprint density at radius 3 is 3.10 bits per heavy atom. The number of carbonyl (C=O) groups is 1. The minimum atomic E-state index is -0.247. The van der Waals surface area contributed by atoms with E-state index in [0.717, 1.165) is 29.4 Å². The quantitative estimate of drug-likeness (QED) is 0.828. The summed E-state index contributed by atoms with van der Waals surface area (Å²) in [6.07, 6.45) is 2.66. The van der Waals surface area contributed by atoms with Crippen molar-refractivity contribution in [2.24, 2.45) is 5.73 Å². The van der Waals surface area contributed by atoms with Crippen LogP contribution in [0.3, 0.4) is 0 Å². The van der Waals surface area contributed by atoms with E-state index in [9.17, 15) is 4.79 Å². The molecule has 0 saturated carbocycles. The maximum Gasteiger partial charge on any atom is 0.258 e. The smallest absolute Gasteiger partial charge is 0.258 e. The molecule has 0 fully saturated rings. The van der Waals surface area contributed by atoms with E-state index in [1.54, 1.807) is 18.2 Å². The summed E-state index contributed by atoms with van der Waals surface area (Å²) in [5, 5.41) is 3.84. The van der Waals surface area contributed by atoms with Crippen LogP contribution < -0.4 is 11.1 Å². The third kappa shape index (κ3) is 3.29. The van der Waals surface area contributed by atoms with Crippen LogP contribution >= 0.6 is 38.9 Å². The van der Waals surface area contributed by atoms with E-state index >= 15 is 0 Å². The van der Waals surface area contributed by atoms with Gasteiger partial charge in [0.05, 0.1) is 16.3 Å². The molecule has 4 nitrogen and oxygen atoms in total. The molecule has 1 aliphatic carbocycles. The van der Waals surface area contributed by atoms with E-state index in [4.69, 9.17) is 17.3 Å². The molecule has 0 aliphatic heterocycles. The lowest BCUT2D eigenvalue weighted by molar-refractivity contribution is 0.102. The third-order valence-electron chi connectivity index (χ3n) is 3.37. The normalized spacial score (nSPS) is 17.4. The molecule has 3 N–H and O–H groups in total. The minimum absolute atomic E-state index is 0.197. The number of carbonyl (C=O) groups excluding carboxylic acids is 1. The Hall–Kier alpha value is -0.950. The predicted molar refractivity (Wildman–Crippen MR) is 89.2 cm³/mol. The fourth-order valence-corrected chi connectivity index (χ4v) is 4.15. The average Bonchev–Trinajstić information content (AvgIpc) is 2.79. The van der Waals surface area contributed by atoms with Crippen LogP contribution in [0.2, 0.25) is 5.02 Å². The Balaban J connectivity index is 1.79. The highest BCUT2D eigenvalue weighted by Crippen LogP contribution is 2.30. The lowest BCUT2D eigenvalue weighted by atomic mass is 9.99. The zero-order chi connectivity index (χ0) is 15.0. The summed E-state index contributed by atoms with van der Waals surface area (Å²) < 4.78 is 0.836. The van der Waals surface area contributed by atoms with Gasteiger partial charge in [-0.25, -0.2) is 4.98 Å². The van der Waals surface area contributed by atoms with Crippen molar-refractivity contribution >= 4 is 49.9 Å². The number of amides is 1. The second-order valence-electron chi connectivity index (χ2n) is 4.97. The van der Waals surface area contributed by atoms with Gasteiger partial charge >= 0.3 is 0 Å². The number of benzene rings is 1. The monoisotopic (exact) mass is 385 g/mol. The summed E-state index contributed by atoms with van der Waals surface area (Å²) in [5.41, 5.74) is 7.44. The molecular formula is C14H13BrClN3OS. The molecule has 110 valence electrons. The summed E-state index contributed by atoms with van der Waals surface area (Å²) in [7, 11) is 0. The number of aromatic nitrogens is 1. The van der Waals surface area contributed by atoms with Gasteiger partial charge < -0.3 is 5.73 Å². The SMILES string of the molecule is N[C@H]1CCc2nc(NC(=O)c3ccc(Br)cc3Cl)sc2C1. The maximum absolute atomic E-state index is 12.3. The molecular weight excluding hydrogens is 374 g/mol. The number of thiazole rings is 1. The highest BCUT2D eigenvalue weighted by atomic mass is 79.9. The van der Waals surface area contributed by atoms with Gasteiger partial charge in [0.1, 0.15) is 0 Å². The number of aryl methyl sites for hydroxylation is 1. The van der Waals surface area contributed by atoms with Crippen LogP contribution in [0.25, 0.3) is 0 Å². The first-order valence-corrected chi connectivity index (χ1v) is 8.52. The molecule has 0 saturated heterocycles. The molecule has 3 rings (SSSR count). The second-order valence-corrected chi connectivity index (χ2v) is 7.38. The maximum atomic E-state index is 12.3. The van der Waals surface area contributed by atoms with Crippen molar-refractivity contribution in [3.8, 4) is 0 Å². The summed E-state index contributed by atoms with van der Waals surface area (Å²) in [5.74, 6) is -0.247. The Bertz CT molecular complexity index is 704. The molecule has 1 amide bonds. The van der Waals surface area contributed by atoms with Crippen molar-refractivity contribution in [1.82, 2.24) is 4.98 Å². The van der Waals surface area contributed by atoms with E-state index in [0.29, 0.717) is 15.7 Å². The number of nitrogens with one attached hydrogen (secondary N) is 1. The molecule has 1 aromatic heterocycles. The van der Waals surface area contributed by atoms with Crippen LogP contribution in [0.5, 0.6) is 0 Å². The van der Waals surface area contributed by atoms with E-state index in [-0.39, 0.29) is 11.9 Å². The van der Waals surface area contributed by atoms with E-state index in [1.165, 1.54) is 16.2 Å². The number of hydrogen-bond donors (Lipinski definition) is 2. The number of nitrogens with two attached hydrogens (primary N) is 1. The van der Waals surface area contributed by atoms with E-state index < -0.39 is 0 Å². The van der Waals surface area contributed by atoms with Gasteiger partial charge in [0.25, 0.3) is 5.91 Å². The van der Waals surface area contributed by atoms with Crippen molar-refractivity contribution in [1.29, 1.82) is 0 Å². The van der Waals surface area contributed by atoms with Gasteiger partial charge in [-0.3, -0.25) is 10.1 Å². The zero-order valence-corrected chi connectivity index (χ0v) is 14.2. The Morgan fingerprint density at radius 2 is 2.33 bits per heavy atom. The first-order valence-electron chi connectivity index (χ1n) is 6.53. The Kier molecular flexibility index (Phi) is 4.31. The van der Waals surface area contributed by atoms with Crippen LogP contribution in [-0.2, 0) is 12.8 Å². The number of fused-ring (bicyclic) bond motifs is 1. The average molecular weight is 387 g/mol. The van der Waals surface area contributed by atoms with Crippen molar-refractivity contribution in [3.63, 3.8) is 0 Å². The lowest BCUT2D eigenvalue weighted by Crippen LogP contribution is -2.27. The lowest BCUT2D eigenvalue weighted by Gasteiger charge is -2.15. The van der Waals surface area contributed by atoms with Crippen molar-refractivity contribution in [2.75, 3.05) is 5.32 Å². The predicted octanol–water partition coefficient (Wildman–Crippen LogP) is 3.63. The number of hydrogen-bond acceptors (Lipinski definition) is 4. The largest absolute Gasteiger partial charge is 0.327 e. The molecule has 7 heteroatoms. The van der Waals surface area contributed by atoms with Gasteiger partial charge in [0.2, 0.25) is 0 Å². The number of anilines is 1. The molecule has 2 aromatic rings. The van der Waals surface area contributed by atoms with Crippen LogP contribution in [0.4, 0.5) is 5.13 Å². The molecule has 0 unspecified atom stereocenters. The van der Waals surface area contributed by atoms with Gasteiger partial charge in [0.15, 0.2) is 5.13 Å². The fraction of sp³-hybridized carbons (Fsp3) is 0.286. The number of rotatable bonds is 2. The Morgan fingerprint density at radius 1 is 1.52 bits per heavy atom. The summed E-state index contributed by atoms with van der Waals surface area (Å²) in [4.78, 5) is 17.9. The summed E-state index contributed by atoms with van der Waals surface area (Å²) in [6, 6.07) is 5.36. The highest BCUT2D eigenvalue weighted by molar-refractivity contribution is 9.10. The molecule has 0 radical (unpaired) electrons. The molecule has 0 bridgehead atoms. The zero-order valence-electron chi connectivity index (χ0n) is 11.0. The number of nitrogens with zero attached hydrogens (tertiary/aromatic N) is 1. The second kappa shape index (κ2) is 6.04. The number of halogens is 2. The topological polar surface area (TPSA) is 68.0 Å². The van der Waals surface area contributed by atoms with Crippen molar-refractivity contribution in [2.45, 2.75) is 25.3 Å². The van der Waals surface area contributed by atoms with Crippen LogP contribution in [0.15, 0.2) is 22.7 Å². The van der Waals surface area contributed by atoms with Gasteiger partial charge in [-0.05, 0) is 37.5 Å². The van der Waals surface area contributed by atoms with Crippen molar-refractivity contribution < 1.29 is 4.79 Å². The van der Waals surface area contributed by atoms with Crippen molar-refractivity contribution in [3.05, 3.63) is 43.8 Å². The van der Waals surface area contributed by atoms with E-state index in [1.807, 2.05) is 0 Å². The van der Waals surface area contributed by atoms with Gasteiger partial charge in [-0.2, -0.15) is 0 Å². The highest BCUT2D eigenvalue weighted by Gasteiger charge is 2.21. The molecule has 1 aromatic carbocycles. The standard InChI is InChI=1S/C14H13BrClN3OS/c15-7-1-3-9(10(16)5-7)13(20)19-14-18-11-4-2-8(17)6-12(11)21-14/h1,3,5,8H,2,4,6,17H2,(H,18,19,20)/t8-/m0/s1. The van der Waals surface area contributed by atoms with Crippen LogP contribution in [0, 0.1) is 0 Å². The van der Waals surface area contributed by atoms with Crippen LogP contribution in [0.1, 0.15) is 27.3 Å². The minimum Gasteiger partial charge on any atom is -0.327 e. The molecule has 1 atom stereocenters. The fourth-order valence-electron chi connectivity index (χ4n) is 2.29. The first kappa shape index (κ1) is 15.0. The first-order chi connectivity index (χ1) is 10.0. The molecule has 1 aliphatic rings. The van der Waals surface area contributed by atoms with E-state index in [2.05, 4.69) is 26.2 Å².